The van der Waals surface area contributed by atoms with Crippen molar-refractivity contribution in [3.05, 3.63) is 22.2 Å². The van der Waals surface area contributed by atoms with Crippen LogP contribution in [0.2, 0.25) is 10.0 Å². The number of hydrogen-bond donors (Lipinski definition) is 3. The van der Waals surface area contributed by atoms with Crippen molar-refractivity contribution < 1.29 is 21.4 Å². The lowest BCUT2D eigenvalue weighted by Gasteiger charge is -2.13. The van der Waals surface area contributed by atoms with Crippen LogP contribution >= 0.6 is 23.2 Å². The molecule has 0 aliphatic rings. The quantitative estimate of drug-likeness (QED) is 0.552. The topological polar surface area (TPSA) is 127 Å². The van der Waals surface area contributed by atoms with Crippen molar-refractivity contribution in [1.29, 1.82) is 0 Å². The van der Waals surface area contributed by atoms with Gasteiger partial charge in [-0.3, -0.25) is 4.55 Å². The summed E-state index contributed by atoms with van der Waals surface area (Å²) >= 11 is 11.4. The van der Waals surface area contributed by atoms with Crippen LogP contribution in [0.5, 0.6) is 0 Å². The number of nitrogens with two attached hydrogens (primary N) is 1. The van der Waals surface area contributed by atoms with Crippen LogP contribution in [0, 0.1) is 0 Å². The van der Waals surface area contributed by atoms with Crippen LogP contribution in [0.4, 0.5) is 5.69 Å². The molecule has 0 saturated carbocycles. The minimum atomic E-state index is -4.57. The smallest absolute Gasteiger partial charge is 0.281 e. The Morgan fingerprint density at radius 1 is 1.21 bits per heavy atom. The van der Waals surface area contributed by atoms with Crippen LogP contribution in [0.3, 0.4) is 0 Å². The van der Waals surface area contributed by atoms with Gasteiger partial charge < -0.3 is 5.73 Å². The second-order valence-electron chi connectivity index (χ2n) is 3.58. The highest BCUT2D eigenvalue weighted by Crippen LogP contribution is 2.30. The van der Waals surface area contributed by atoms with Crippen LogP contribution in [0.25, 0.3) is 0 Å². The standard InChI is InChI=1S/C8H10Cl2N2O5S2/c1-4(19(15,16)17)12-18(13,14)8-3-5(9)7(11)2-6(8)10/h2-4,12H,11H2,1H3,(H,15,16,17). The molecule has 0 radical (unpaired) electrons. The molecular weight excluding hydrogens is 339 g/mol. The lowest BCUT2D eigenvalue weighted by molar-refractivity contribution is 0.464. The summed E-state index contributed by atoms with van der Waals surface area (Å²) in [6.07, 6.45) is 0. The highest BCUT2D eigenvalue weighted by molar-refractivity contribution is 7.91. The Labute approximate surface area is 120 Å². The molecule has 0 spiro atoms. The van der Waals surface area contributed by atoms with Gasteiger partial charge >= 0.3 is 0 Å². The van der Waals surface area contributed by atoms with E-state index in [2.05, 4.69) is 0 Å². The Kier molecular flexibility index (Phi) is 4.71. The Morgan fingerprint density at radius 2 is 1.74 bits per heavy atom. The van der Waals surface area contributed by atoms with Crippen molar-refractivity contribution in [1.82, 2.24) is 4.72 Å². The molecule has 0 fully saturated rings. The van der Waals surface area contributed by atoms with Gasteiger partial charge in [0.1, 0.15) is 10.3 Å². The maximum Gasteiger partial charge on any atom is 0.281 e. The summed E-state index contributed by atoms with van der Waals surface area (Å²) in [6, 6.07) is 2.11. The van der Waals surface area contributed by atoms with Crippen molar-refractivity contribution in [2.75, 3.05) is 5.73 Å². The molecule has 19 heavy (non-hydrogen) atoms. The predicted molar refractivity (Wildman–Crippen MR) is 72.2 cm³/mol. The Hall–Kier alpha value is -0.580. The van der Waals surface area contributed by atoms with Gasteiger partial charge in [0, 0.05) is 0 Å². The third kappa shape index (κ3) is 3.94. The molecule has 1 unspecified atom stereocenters. The Morgan fingerprint density at radius 3 is 2.21 bits per heavy atom. The number of anilines is 1. The average Bonchev–Trinajstić information content (AvgIpc) is 2.21. The summed E-state index contributed by atoms with van der Waals surface area (Å²) in [5.41, 5.74) is 5.51. The molecule has 108 valence electrons. The maximum atomic E-state index is 11.9. The Bertz CT molecular complexity index is 702. The van der Waals surface area contributed by atoms with Crippen molar-refractivity contribution in [2.45, 2.75) is 17.2 Å². The van der Waals surface area contributed by atoms with E-state index in [0.717, 1.165) is 19.1 Å². The summed E-state index contributed by atoms with van der Waals surface area (Å²) in [5.74, 6) is 0. The molecule has 1 aromatic carbocycles. The molecule has 0 bridgehead atoms. The van der Waals surface area contributed by atoms with E-state index in [1.54, 1.807) is 4.72 Å². The molecule has 1 rings (SSSR count). The normalized spacial score (nSPS) is 14.3. The van der Waals surface area contributed by atoms with Gasteiger partial charge in [0.2, 0.25) is 10.0 Å². The second-order valence-corrected chi connectivity index (χ2v) is 7.82. The zero-order chi connectivity index (χ0) is 15.0. The van der Waals surface area contributed by atoms with Crippen molar-refractivity contribution in [3.63, 3.8) is 0 Å². The van der Waals surface area contributed by atoms with Gasteiger partial charge in [0.05, 0.1) is 15.7 Å². The Balaban J connectivity index is 3.26. The number of nitrogens with one attached hydrogen (secondary N) is 1. The maximum absolute atomic E-state index is 11.9. The van der Waals surface area contributed by atoms with E-state index in [1.165, 1.54) is 0 Å². The van der Waals surface area contributed by atoms with Crippen LogP contribution in [0.1, 0.15) is 6.92 Å². The predicted octanol–water partition coefficient (Wildman–Crippen LogP) is 1.09. The summed E-state index contributed by atoms with van der Waals surface area (Å²) in [4.78, 5) is -0.441. The van der Waals surface area contributed by atoms with Crippen LogP contribution in [-0.4, -0.2) is 26.8 Å². The van der Waals surface area contributed by atoms with Crippen molar-refractivity contribution >= 4 is 49.0 Å². The molecule has 0 heterocycles. The second kappa shape index (κ2) is 5.43. The monoisotopic (exact) mass is 348 g/mol. The lowest BCUT2D eigenvalue weighted by atomic mass is 10.3. The number of rotatable bonds is 4. The van der Waals surface area contributed by atoms with Gasteiger partial charge in [-0.2, -0.15) is 13.1 Å². The average molecular weight is 349 g/mol. The van der Waals surface area contributed by atoms with Crippen LogP contribution in [-0.2, 0) is 20.1 Å². The van der Waals surface area contributed by atoms with E-state index in [1.807, 2.05) is 0 Å². The first kappa shape index (κ1) is 16.5. The van der Waals surface area contributed by atoms with E-state index < -0.39 is 30.4 Å². The molecule has 1 aromatic rings. The fraction of sp³-hybridized carbons (Fsp3) is 0.250. The molecule has 0 saturated heterocycles. The number of halogens is 2. The zero-order valence-corrected chi connectivity index (χ0v) is 12.6. The highest BCUT2D eigenvalue weighted by atomic mass is 35.5. The summed E-state index contributed by atoms with van der Waals surface area (Å²) < 4.78 is 55.9. The lowest BCUT2D eigenvalue weighted by Crippen LogP contribution is -2.38. The first-order valence-electron chi connectivity index (χ1n) is 4.68. The van der Waals surface area contributed by atoms with E-state index >= 15 is 0 Å². The van der Waals surface area contributed by atoms with Crippen molar-refractivity contribution in [2.24, 2.45) is 0 Å². The van der Waals surface area contributed by atoms with Gasteiger partial charge in [-0.05, 0) is 19.1 Å². The third-order valence-electron chi connectivity index (χ3n) is 2.11. The van der Waals surface area contributed by atoms with Crippen LogP contribution in [0.15, 0.2) is 17.0 Å². The van der Waals surface area contributed by atoms with Gasteiger partial charge in [-0.25, -0.2) is 8.42 Å². The van der Waals surface area contributed by atoms with Gasteiger partial charge in [0.25, 0.3) is 10.1 Å². The summed E-state index contributed by atoms with van der Waals surface area (Å²) in [7, 11) is -8.84. The van der Waals surface area contributed by atoms with Gasteiger partial charge in [-0.1, -0.05) is 23.2 Å². The molecule has 0 aliphatic heterocycles. The fourth-order valence-electron chi connectivity index (χ4n) is 1.09. The first-order valence-corrected chi connectivity index (χ1v) is 8.42. The summed E-state index contributed by atoms with van der Waals surface area (Å²) in [6.45, 7) is 0.958. The van der Waals surface area contributed by atoms with E-state index in [0.29, 0.717) is 0 Å². The van der Waals surface area contributed by atoms with E-state index in [9.17, 15) is 16.8 Å². The van der Waals surface area contributed by atoms with Crippen molar-refractivity contribution in [3.8, 4) is 0 Å². The van der Waals surface area contributed by atoms with E-state index in [4.69, 9.17) is 33.5 Å². The molecule has 4 N–H and O–H groups in total. The summed E-state index contributed by atoms with van der Waals surface area (Å²) in [5, 5.41) is -2.01. The SMILES string of the molecule is CC(NS(=O)(=O)c1cc(Cl)c(N)cc1Cl)S(=O)(=O)O. The molecule has 7 nitrogen and oxygen atoms in total. The third-order valence-corrected chi connectivity index (χ3v) is 5.60. The molecule has 0 amide bonds. The molecular formula is C8H10Cl2N2O5S2. The van der Waals surface area contributed by atoms with Crippen LogP contribution < -0.4 is 10.5 Å². The molecule has 11 heteroatoms. The molecule has 0 aromatic heterocycles. The first-order chi connectivity index (χ1) is 8.45. The molecule has 0 aliphatic carbocycles. The van der Waals surface area contributed by atoms with E-state index in [-0.39, 0.29) is 15.7 Å². The number of hydrogen-bond acceptors (Lipinski definition) is 5. The number of benzene rings is 1. The van der Waals surface area contributed by atoms with Gasteiger partial charge in [0.15, 0.2) is 0 Å². The number of sulfonamides is 1. The fourth-order valence-corrected chi connectivity index (χ4v) is 3.82. The molecule has 1 atom stereocenters. The zero-order valence-electron chi connectivity index (χ0n) is 9.46. The largest absolute Gasteiger partial charge is 0.397 e. The minimum absolute atomic E-state index is 0.0516. The number of nitrogen functional groups attached to an aromatic ring is 1. The van der Waals surface area contributed by atoms with Gasteiger partial charge in [-0.15, -0.1) is 0 Å². The minimum Gasteiger partial charge on any atom is -0.397 e. The highest BCUT2D eigenvalue weighted by Gasteiger charge is 2.27.